The van der Waals surface area contributed by atoms with Gasteiger partial charge in [-0.25, -0.2) is 0 Å². The first-order valence-electron chi connectivity index (χ1n) is 6.37. The van der Waals surface area contributed by atoms with Gasteiger partial charge in [0.05, 0.1) is 23.6 Å². The number of hydrogen-bond acceptors (Lipinski definition) is 5. The lowest BCUT2D eigenvalue weighted by atomic mass is 10.1. The highest BCUT2D eigenvalue weighted by Crippen LogP contribution is 2.25. The maximum absolute atomic E-state index is 11.5. The molecular weight excluding hydrogens is 262 g/mol. The molecule has 110 valence electrons. The molecule has 0 fully saturated rings. The predicted molar refractivity (Wildman–Crippen MR) is 75.6 cm³/mol. The average molecular weight is 281 g/mol. The van der Waals surface area contributed by atoms with Crippen LogP contribution in [-0.2, 0) is 11.4 Å². The summed E-state index contributed by atoms with van der Waals surface area (Å²) in [6.07, 6.45) is 0.836. The fourth-order valence-corrected chi connectivity index (χ4v) is 1.90. The van der Waals surface area contributed by atoms with Crippen molar-refractivity contribution in [3.63, 3.8) is 0 Å². The molecule has 1 rings (SSSR count). The van der Waals surface area contributed by atoms with E-state index >= 15 is 0 Å². The molecule has 1 aromatic rings. The second-order valence-corrected chi connectivity index (χ2v) is 4.32. The van der Waals surface area contributed by atoms with Crippen LogP contribution in [0.5, 0.6) is 0 Å². The molecule has 0 aliphatic heterocycles. The number of likely N-dealkylation sites (N-methyl/N-ethyl adjacent to an activating group) is 1. The molecule has 1 aromatic carbocycles. The van der Waals surface area contributed by atoms with E-state index < -0.39 is 11.5 Å². The van der Waals surface area contributed by atoms with Crippen LogP contribution in [0.1, 0.15) is 18.9 Å². The lowest BCUT2D eigenvalue weighted by molar-refractivity contribution is -0.385. The Morgan fingerprint density at radius 3 is 2.70 bits per heavy atom. The van der Waals surface area contributed by atoms with Crippen molar-refractivity contribution >= 4 is 17.3 Å². The number of aliphatic hydroxyl groups is 1. The molecule has 0 aromatic heterocycles. The summed E-state index contributed by atoms with van der Waals surface area (Å²) in [5.74, 6) is -0.137. The first-order chi connectivity index (χ1) is 9.53. The predicted octanol–water partition coefficient (Wildman–Crippen LogP) is 1.05. The van der Waals surface area contributed by atoms with E-state index in [2.05, 4.69) is 5.32 Å². The van der Waals surface area contributed by atoms with E-state index in [-0.39, 0.29) is 23.7 Å². The van der Waals surface area contributed by atoms with Gasteiger partial charge in [0, 0.05) is 25.3 Å². The highest BCUT2D eigenvalue weighted by atomic mass is 16.6. The zero-order valence-corrected chi connectivity index (χ0v) is 11.6. The number of nitrogens with zero attached hydrogens (tertiary/aromatic N) is 2. The summed E-state index contributed by atoms with van der Waals surface area (Å²) < 4.78 is 0. The highest BCUT2D eigenvalue weighted by Gasteiger charge is 2.16. The zero-order valence-electron chi connectivity index (χ0n) is 11.6. The van der Waals surface area contributed by atoms with Crippen molar-refractivity contribution in [1.29, 1.82) is 0 Å². The maximum atomic E-state index is 11.5. The Balaban J connectivity index is 3.07. The Morgan fingerprint density at radius 1 is 1.50 bits per heavy atom. The first-order valence-corrected chi connectivity index (χ1v) is 6.37. The molecule has 1 amide bonds. The van der Waals surface area contributed by atoms with Crippen molar-refractivity contribution in [2.45, 2.75) is 20.0 Å². The molecule has 0 saturated carbocycles. The molecule has 0 spiro atoms. The van der Waals surface area contributed by atoms with Crippen LogP contribution in [0.15, 0.2) is 18.2 Å². The Kier molecular flexibility index (Phi) is 5.92. The van der Waals surface area contributed by atoms with Crippen molar-refractivity contribution in [3.8, 4) is 0 Å². The van der Waals surface area contributed by atoms with Crippen LogP contribution in [0, 0.1) is 10.1 Å². The van der Waals surface area contributed by atoms with Gasteiger partial charge in [-0.3, -0.25) is 14.9 Å². The summed E-state index contributed by atoms with van der Waals surface area (Å²) in [4.78, 5) is 23.6. The number of carbonyl (C=O) groups is 1. The van der Waals surface area contributed by atoms with Crippen molar-refractivity contribution in [3.05, 3.63) is 33.9 Å². The minimum atomic E-state index is -0.530. The third-order valence-electron chi connectivity index (χ3n) is 2.90. The molecule has 0 aliphatic rings. The molecule has 20 heavy (non-hydrogen) atoms. The van der Waals surface area contributed by atoms with Crippen LogP contribution in [0.4, 0.5) is 11.4 Å². The van der Waals surface area contributed by atoms with Gasteiger partial charge in [0.2, 0.25) is 5.91 Å². The molecular formula is C13H19N3O4. The van der Waals surface area contributed by atoms with Crippen LogP contribution >= 0.6 is 0 Å². The van der Waals surface area contributed by atoms with Crippen LogP contribution in [0.3, 0.4) is 0 Å². The molecule has 2 N–H and O–H groups in total. The van der Waals surface area contributed by atoms with Gasteiger partial charge in [-0.15, -0.1) is 0 Å². The number of anilines is 1. The standard InChI is InChI=1S/C13H19N3O4/c1-3-6-15(8-13(18)14-2)11-4-5-12(16(19)20)10(7-11)9-17/h4-5,7,17H,3,6,8-9H2,1-2H3,(H,14,18). The number of nitrogens with one attached hydrogen (secondary N) is 1. The molecule has 0 heterocycles. The molecule has 7 nitrogen and oxygen atoms in total. The summed E-state index contributed by atoms with van der Waals surface area (Å²) in [6.45, 7) is 2.39. The van der Waals surface area contributed by atoms with Crippen LogP contribution in [-0.4, -0.2) is 36.1 Å². The van der Waals surface area contributed by atoms with Crippen LogP contribution < -0.4 is 10.2 Å². The van der Waals surface area contributed by atoms with Gasteiger partial charge in [0.15, 0.2) is 0 Å². The lowest BCUT2D eigenvalue weighted by Crippen LogP contribution is -2.36. The lowest BCUT2D eigenvalue weighted by Gasteiger charge is -2.23. The maximum Gasteiger partial charge on any atom is 0.275 e. The van der Waals surface area contributed by atoms with Crippen LogP contribution in [0.25, 0.3) is 0 Å². The van der Waals surface area contributed by atoms with E-state index in [1.807, 2.05) is 11.8 Å². The monoisotopic (exact) mass is 281 g/mol. The van der Waals surface area contributed by atoms with E-state index in [4.69, 9.17) is 0 Å². The number of carbonyl (C=O) groups excluding carboxylic acids is 1. The smallest absolute Gasteiger partial charge is 0.275 e. The van der Waals surface area contributed by atoms with Gasteiger partial charge >= 0.3 is 0 Å². The minimum Gasteiger partial charge on any atom is -0.391 e. The fraction of sp³-hybridized carbons (Fsp3) is 0.462. The molecule has 0 bridgehead atoms. The summed E-state index contributed by atoms with van der Waals surface area (Å²) >= 11 is 0. The third kappa shape index (κ3) is 3.92. The molecule has 0 aliphatic carbocycles. The van der Waals surface area contributed by atoms with Crippen molar-refractivity contribution in [2.24, 2.45) is 0 Å². The summed E-state index contributed by atoms with van der Waals surface area (Å²) in [6, 6.07) is 4.50. The minimum absolute atomic E-state index is 0.118. The van der Waals surface area contributed by atoms with E-state index in [9.17, 15) is 20.0 Å². The second-order valence-electron chi connectivity index (χ2n) is 4.32. The van der Waals surface area contributed by atoms with Gasteiger partial charge < -0.3 is 15.3 Å². The van der Waals surface area contributed by atoms with Gasteiger partial charge in [-0.2, -0.15) is 0 Å². The average Bonchev–Trinajstić information content (AvgIpc) is 2.45. The van der Waals surface area contributed by atoms with Crippen LogP contribution in [0.2, 0.25) is 0 Å². The van der Waals surface area contributed by atoms with Crippen molar-refractivity contribution in [2.75, 3.05) is 25.0 Å². The SMILES string of the molecule is CCCN(CC(=O)NC)c1ccc([N+](=O)[O-])c(CO)c1. The normalized spacial score (nSPS) is 10.2. The van der Waals surface area contributed by atoms with Gasteiger partial charge in [-0.1, -0.05) is 6.92 Å². The summed E-state index contributed by atoms with van der Waals surface area (Å²) in [5.41, 5.74) is 0.809. The topological polar surface area (TPSA) is 95.7 Å². The second kappa shape index (κ2) is 7.44. The fourth-order valence-electron chi connectivity index (χ4n) is 1.90. The number of aliphatic hydroxyl groups excluding tert-OH is 1. The van der Waals surface area contributed by atoms with E-state index in [0.29, 0.717) is 12.2 Å². The summed E-state index contributed by atoms with van der Waals surface area (Å²) in [5, 5.41) is 22.6. The Bertz CT molecular complexity index is 491. The first kappa shape index (κ1) is 15.9. The number of rotatable bonds is 7. The van der Waals surface area contributed by atoms with E-state index in [0.717, 1.165) is 6.42 Å². The zero-order chi connectivity index (χ0) is 15.1. The largest absolute Gasteiger partial charge is 0.391 e. The highest BCUT2D eigenvalue weighted by molar-refractivity contribution is 5.81. The Labute approximate surface area is 117 Å². The Morgan fingerprint density at radius 2 is 2.20 bits per heavy atom. The number of nitro benzene ring substituents is 1. The van der Waals surface area contributed by atoms with Gasteiger partial charge in [-0.05, 0) is 18.6 Å². The number of benzene rings is 1. The quantitative estimate of drug-likeness (QED) is 0.575. The molecule has 0 saturated heterocycles. The molecule has 0 atom stereocenters. The molecule has 0 radical (unpaired) electrons. The van der Waals surface area contributed by atoms with Gasteiger partial charge in [0.1, 0.15) is 0 Å². The van der Waals surface area contributed by atoms with Crippen molar-refractivity contribution < 1.29 is 14.8 Å². The van der Waals surface area contributed by atoms with E-state index in [1.54, 1.807) is 19.2 Å². The number of hydrogen-bond donors (Lipinski definition) is 2. The Hall–Kier alpha value is -2.15. The third-order valence-corrected chi connectivity index (χ3v) is 2.90. The number of amides is 1. The summed E-state index contributed by atoms with van der Waals surface area (Å²) in [7, 11) is 1.56. The van der Waals surface area contributed by atoms with E-state index in [1.165, 1.54) is 6.07 Å². The molecule has 7 heteroatoms. The molecule has 0 unspecified atom stereocenters. The van der Waals surface area contributed by atoms with Crippen molar-refractivity contribution in [1.82, 2.24) is 5.32 Å². The van der Waals surface area contributed by atoms with Gasteiger partial charge in [0.25, 0.3) is 5.69 Å². The number of nitro groups is 1.